The topological polar surface area (TPSA) is 105 Å². The summed E-state index contributed by atoms with van der Waals surface area (Å²) in [4.78, 5) is 33.5. The fourth-order valence-corrected chi connectivity index (χ4v) is 1.29. The normalized spacial score (nSPS) is 13.6. The highest BCUT2D eigenvalue weighted by atomic mass is 16.5. The highest BCUT2D eigenvalue weighted by Gasteiger charge is 2.23. The van der Waals surface area contributed by atoms with E-state index in [9.17, 15) is 14.4 Å². The first-order chi connectivity index (χ1) is 8.27. The van der Waals surface area contributed by atoms with Crippen LogP contribution >= 0.6 is 0 Å². The lowest BCUT2D eigenvalue weighted by Crippen LogP contribution is -2.50. The van der Waals surface area contributed by atoms with E-state index in [2.05, 4.69) is 15.4 Å². The standard InChI is InChI=1S/C11H20N2O5/c1-6(2)5-8(10(16)18-4)13-11(17)12-7(3)9(14)15/h6-8H,5H2,1-4H3,(H,14,15)(H2,12,13,17)/t7-,8?/m0/s1. The summed E-state index contributed by atoms with van der Waals surface area (Å²) in [6, 6.07) is -2.51. The number of urea groups is 1. The molecular formula is C11H20N2O5. The number of nitrogens with one attached hydrogen (secondary N) is 2. The molecule has 7 nitrogen and oxygen atoms in total. The van der Waals surface area contributed by atoms with Crippen LogP contribution in [0.15, 0.2) is 0 Å². The van der Waals surface area contributed by atoms with Gasteiger partial charge in [-0.05, 0) is 19.3 Å². The van der Waals surface area contributed by atoms with Crippen molar-refractivity contribution in [2.24, 2.45) is 5.92 Å². The zero-order chi connectivity index (χ0) is 14.3. The predicted molar refractivity (Wildman–Crippen MR) is 64.0 cm³/mol. The van der Waals surface area contributed by atoms with Gasteiger partial charge in [-0.3, -0.25) is 4.79 Å². The minimum absolute atomic E-state index is 0.186. The number of esters is 1. The van der Waals surface area contributed by atoms with Crippen LogP contribution in [-0.4, -0.2) is 42.3 Å². The van der Waals surface area contributed by atoms with E-state index in [-0.39, 0.29) is 5.92 Å². The largest absolute Gasteiger partial charge is 0.480 e. The molecule has 0 rings (SSSR count). The molecule has 0 heterocycles. The maximum atomic E-state index is 11.5. The maximum Gasteiger partial charge on any atom is 0.328 e. The second-order valence-corrected chi connectivity index (χ2v) is 4.38. The Morgan fingerprint density at radius 2 is 1.72 bits per heavy atom. The minimum Gasteiger partial charge on any atom is -0.480 e. The molecule has 0 aliphatic rings. The number of hydrogen-bond donors (Lipinski definition) is 3. The molecule has 0 spiro atoms. The minimum atomic E-state index is -1.15. The fraction of sp³-hybridized carbons (Fsp3) is 0.727. The summed E-state index contributed by atoms with van der Waals surface area (Å²) < 4.78 is 4.57. The first kappa shape index (κ1) is 16.2. The molecule has 0 aromatic carbocycles. The van der Waals surface area contributed by atoms with Gasteiger partial charge in [0.05, 0.1) is 7.11 Å². The lowest BCUT2D eigenvalue weighted by atomic mass is 10.0. The van der Waals surface area contributed by atoms with Crippen molar-refractivity contribution in [3.63, 3.8) is 0 Å². The van der Waals surface area contributed by atoms with Crippen molar-refractivity contribution in [1.29, 1.82) is 0 Å². The molecule has 0 saturated heterocycles. The van der Waals surface area contributed by atoms with Crippen molar-refractivity contribution in [2.75, 3.05) is 7.11 Å². The van der Waals surface area contributed by atoms with Crippen LogP contribution in [0.3, 0.4) is 0 Å². The third kappa shape index (κ3) is 6.07. The van der Waals surface area contributed by atoms with Gasteiger partial charge < -0.3 is 20.5 Å². The highest BCUT2D eigenvalue weighted by Crippen LogP contribution is 2.06. The van der Waals surface area contributed by atoms with Crippen LogP contribution in [0.1, 0.15) is 27.2 Å². The number of carboxylic acids is 1. The zero-order valence-corrected chi connectivity index (χ0v) is 11.0. The summed E-state index contributed by atoms with van der Waals surface area (Å²) in [5.41, 5.74) is 0. The van der Waals surface area contributed by atoms with E-state index < -0.39 is 30.1 Å². The fourth-order valence-electron chi connectivity index (χ4n) is 1.29. The molecule has 0 fully saturated rings. The molecule has 3 N–H and O–H groups in total. The first-order valence-corrected chi connectivity index (χ1v) is 5.65. The Balaban J connectivity index is 4.44. The summed E-state index contributed by atoms with van der Waals surface area (Å²) in [7, 11) is 1.23. The molecule has 2 amide bonds. The number of carboxylic acid groups (broad SMARTS) is 1. The van der Waals surface area contributed by atoms with Gasteiger partial charge in [-0.25, -0.2) is 9.59 Å². The third-order valence-corrected chi connectivity index (χ3v) is 2.22. The van der Waals surface area contributed by atoms with E-state index in [0.29, 0.717) is 6.42 Å². The van der Waals surface area contributed by atoms with Gasteiger partial charge in [0.15, 0.2) is 0 Å². The van der Waals surface area contributed by atoms with Crippen LogP contribution in [0.5, 0.6) is 0 Å². The molecule has 2 atom stereocenters. The SMILES string of the molecule is COC(=O)C(CC(C)C)NC(=O)N[C@@H](C)C(=O)O. The van der Waals surface area contributed by atoms with Crippen molar-refractivity contribution in [2.45, 2.75) is 39.3 Å². The Labute approximate surface area is 106 Å². The van der Waals surface area contributed by atoms with Gasteiger partial charge in [-0.1, -0.05) is 13.8 Å². The summed E-state index contributed by atoms with van der Waals surface area (Å²) in [5.74, 6) is -1.52. The monoisotopic (exact) mass is 260 g/mol. The van der Waals surface area contributed by atoms with Crippen molar-refractivity contribution in [3.05, 3.63) is 0 Å². The molecule has 104 valence electrons. The van der Waals surface area contributed by atoms with Gasteiger partial charge in [-0.15, -0.1) is 0 Å². The lowest BCUT2D eigenvalue weighted by molar-refractivity contribution is -0.143. The molecule has 0 radical (unpaired) electrons. The number of rotatable bonds is 6. The van der Waals surface area contributed by atoms with Gasteiger partial charge in [0.2, 0.25) is 0 Å². The van der Waals surface area contributed by atoms with Crippen molar-refractivity contribution >= 4 is 18.0 Å². The molecule has 18 heavy (non-hydrogen) atoms. The van der Waals surface area contributed by atoms with E-state index in [0.717, 1.165) is 0 Å². The van der Waals surface area contributed by atoms with Crippen LogP contribution in [0.4, 0.5) is 4.79 Å². The number of carbonyl (C=O) groups excluding carboxylic acids is 2. The van der Waals surface area contributed by atoms with Crippen LogP contribution in [0.25, 0.3) is 0 Å². The number of aliphatic carboxylic acids is 1. The second kappa shape index (κ2) is 7.52. The van der Waals surface area contributed by atoms with Gasteiger partial charge in [0, 0.05) is 0 Å². The Morgan fingerprint density at radius 1 is 1.17 bits per heavy atom. The predicted octanol–water partition coefficient (Wildman–Crippen LogP) is 0.346. The van der Waals surface area contributed by atoms with E-state index in [1.807, 2.05) is 13.8 Å². The summed E-state index contributed by atoms with van der Waals surface area (Å²) >= 11 is 0. The molecule has 0 aliphatic carbocycles. The summed E-state index contributed by atoms with van der Waals surface area (Å²) in [6.07, 6.45) is 0.418. The van der Waals surface area contributed by atoms with E-state index in [1.54, 1.807) is 0 Å². The third-order valence-electron chi connectivity index (χ3n) is 2.22. The quantitative estimate of drug-likeness (QED) is 0.597. The lowest BCUT2D eigenvalue weighted by Gasteiger charge is -2.19. The molecule has 0 aromatic heterocycles. The van der Waals surface area contributed by atoms with Crippen LogP contribution in [-0.2, 0) is 14.3 Å². The molecule has 0 aromatic rings. The number of carbonyl (C=O) groups is 3. The van der Waals surface area contributed by atoms with Gasteiger partial charge in [-0.2, -0.15) is 0 Å². The average Bonchev–Trinajstić information content (AvgIpc) is 2.26. The van der Waals surface area contributed by atoms with Gasteiger partial charge >= 0.3 is 18.0 Å². The summed E-state index contributed by atoms with van der Waals surface area (Å²) in [5, 5.41) is 13.2. The zero-order valence-electron chi connectivity index (χ0n) is 11.0. The smallest absolute Gasteiger partial charge is 0.328 e. The van der Waals surface area contributed by atoms with Crippen LogP contribution in [0, 0.1) is 5.92 Å². The Bertz CT molecular complexity index is 317. The Morgan fingerprint density at radius 3 is 2.11 bits per heavy atom. The molecular weight excluding hydrogens is 240 g/mol. The van der Waals surface area contributed by atoms with Crippen LogP contribution < -0.4 is 10.6 Å². The number of hydrogen-bond acceptors (Lipinski definition) is 4. The van der Waals surface area contributed by atoms with Crippen molar-refractivity contribution in [3.8, 4) is 0 Å². The van der Waals surface area contributed by atoms with E-state index in [1.165, 1.54) is 14.0 Å². The molecule has 7 heteroatoms. The Hall–Kier alpha value is -1.79. The summed E-state index contributed by atoms with van der Waals surface area (Å²) in [6.45, 7) is 5.13. The Kier molecular flexibility index (Phi) is 6.77. The number of ether oxygens (including phenoxy) is 1. The molecule has 0 aliphatic heterocycles. The average molecular weight is 260 g/mol. The number of methoxy groups -OCH3 is 1. The van der Waals surface area contributed by atoms with Crippen molar-refractivity contribution < 1.29 is 24.2 Å². The maximum absolute atomic E-state index is 11.5. The number of amides is 2. The van der Waals surface area contributed by atoms with Crippen LogP contribution in [0.2, 0.25) is 0 Å². The van der Waals surface area contributed by atoms with Crippen molar-refractivity contribution in [1.82, 2.24) is 10.6 Å². The molecule has 0 saturated carbocycles. The van der Waals surface area contributed by atoms with Gasteiger partial charge in [0.25, 0.3) is 0 Å². The van der Waals surface area contributed by atoms with E-state index in [4.69, 9.17) is 5.11 Å². The second-order valence-electron chi connectivity index (χ2n) is 4.38. The van der Waals surface area contributed by atoms with Gasteiger partial charge in [0.1, 0.15) is 12.1 Å². The first-order valence-electron chi connectivity index (χ1n) is 5.65. The highest BCUT2D eigenvalue weighted by molar-refractivity contribution is 5.86. The molecule has 1 unspecified atom stereocenters. The molecule has 0 bridgehead atoms. The van der Waals surface area contributed by atoms with E-state index >= 15 is 0 Å².